The van der Waals surface area contributed by atoms with Crippen molar-refractivity contribution in [3.8, 4) is 0 Å². The van der Waals surface area contributed by atoms with Gasteiger partial charge in [-0.25, -0.2) is 0 Å². The van der Waals surface area contributed by atoms with Gasteiger partial charge in [0.2, 0.25) is 0 Å². The molecule has 0 bridgehead atoms. The second kappa shape index (κ2) is 6.96. The number of rotatable bonds is 7. The summed E-state index contributed by atoms with van der Waals surface area (Å²) in [6.07, 6.45) is 2.11. The van der Waals surface area contributed by atoms with E-state index in [-0.39, 0.29) is 5.69 Å². The Hall–Kier alpha value is -1.62. The number of nitro groups is 1. The molecule has 100 valence electrons. The molecule has 0 atom stereocenters. The van der Waals surface area contributed by atoms with Crippen LogP contribution in [0.15, 0.2) is 18.2 Å². The number of benzene rings is 1. The van der Waals surface area contributed by atoms with E-state index in [2.05, 4.69) is 13.8 Å². The fourth-order valence-electron chi connectivity index (χ4n) is 1.61. The van der Waals surface area contributed by atoms with Crippen molar-refractivity contribution in [3.05, 3.63) is 33.9 Å². The first-order chi connectivity index (χ1) is 8.50. The molecule has 0 aliphatic carbocycles. The van der Waals surface area contributed by atoms with Gasteiger partial charge in [-0.3, -0.25) is 10.1 Å². The van der Waals surface area contributed by atoms with E-state index in [1.54, 1.807) is 6.07 Å². The Balaban J connectivity index is 2.46. The molecule has 0 radical (unpaired) electrons. The lowest BCUT2D eigenvalue weighted by atomic mass is 10.1. The molecule has 0 aliphatic heterocycles. The van der Waals surface area contributed by atoms with Crippen molar-refractivity contribution in [2.75, 3.05) is 12.3 Å². The maximum atomic E-state index is 10.6. The highest BCUT2D eigenvalue weighted by Crippen LogP contribution is 2.20. The van der Waals surface area contributed by atoms with Gasteiger partial charge in [0.05, 0.1) is 11.5 Å². The van der Waals surface area contributed by atoms with Gasteiger partial charge in [-0.15, -0.1) is 0 Å². The minimum atomic E-state index is -0.429. The lowest BCUT2D eigenvalue weighted by Gasteiger charge is -2.08. The van der Waals surface area contributed by atoms with Gasteiger partial charge in [-0.05, 0) is 24.8 Å². The zero-order valence-corrected chi connectivity index (χ0v) is 10.9. The predicted molar refractivity (Wildman–Crippen MR) is 71.2 cm³/mol. The summed E-state index contributed by atoms with van der Waals surface area (Å²) in [6.45, 7) is 5.31. The Kier molecular flexibility index (Phi) is 5.58. The lowest BCUT2D eigenvalue weighted by molar-refractivity contribution is -0.384. The second-order valence-corrected chi connectivity index (χ2v) is 4.73. The minimum Gasteiger partial charge on any atom is -0.398 e. The monoisotopic (exact) mass is 252 g/mol. The fraction of sp³-hybridized carbons (Fsp3) is 0.538. The summed E-state index contributed by atoms with van der Waals surface area (Å²) < 4.78 is 5.48. The van der Waals surface area contributed by atoms with Crippen LogP contribution in [0.25, 0.3) is 0 Å². The van der Waals surface area contributed by atoms with E-state index in [1.807, 2.05) is 0 Å². The Labute approximate surface area is 107 Å². The average molecular weight is 252 g/mol. The smallest absolute Gasteiger partial charge is 0.269 e. The zero-order valence-electron chi connectivity index (χ0n) is 10.9. The van der Waals surface area contributed by atoms with Crippen LogP contribution in [-0.4, -0.2) is 11.5 Å². The highest BCUT2D eigenvalue weighted by atomic mass is 16.6. The number of anilines is 1. The summed E-state index contributed by atoms with van der Waals surface area (Å²) in [5, 5.41) is 10.6. The number of nitro benzene ring substituents is 1. The van der Waals surface area contributed by atoms with Gasteiger partial charge in [0.15, 0.2) is 0 Å². The van der Waals surface area contributed by atoms with Crippen LogP contribution in [-0.2, 0) is 11.3 Å². The van der Waals surface area contributed by atoms with Crippen LogP contribution in [0.4, 0.5) is 11.4 Å². The Morgan fingerprint density at radius 1 is 1.44 bits per heavy atom. The molecule has 0 saturated carbocycles. The number of hydrogen-bond donors (Lipinski definition) is 1. The van der Waals surface area contributed by atoms with Crippen molar-refractivity contribution in [1.82, 2.24) is 0 Å². The molecule has 5 nitrogen and oxygen atoms in total. The summed E-state index contributed by atoms with van der Waals surface area (Å²) in [5.41, 5.74) is 7.00. The SMILES string of the molecule is CC(C)CCCOCc1cc([N+](=O)[O-])ccc1N. The van der Waals surface area contributed by atoms with Crippen molar-refractivity contribution < 1.29 is 9.66 Å². The predicted octanol–water partition coefficient (Wildman–Crippen LogP) is 3.13. The van der Waals surface area contributed by atoms with Crippen molar-refractivity contribution >= 4 is 11.4 Å². The molecule has 18 heavy (non-hydrogen) atoms. The first-order valence-electron chi connectivity index (χ1n) is 6.11. The Morgan fingerprint density at radius 3 is 2.78 bits per heavy atom. The number of non-ortho nitro benzene ring substituents is 1. The van der Waals surface area contributed by atoms with Crippen LogP contribution in [0.3, 0.4) is 0 Å². The fourth-order valence-corrected chi connectivity index (χ4v) is 1.61. The van der Waals surface area contributed by atoms with Crippen LogP contribution in [0, 0.1) is 16.0 Å². The van der Waals surface area contributed by atoms with Crippen molar-refractivity contribution in [2.45, 2.75) is 33.3 Å². The quantitative estimate of drug-likeness (QED) is 0.350. The van der Waals surface area contributed by atoms with Crippen molar-refractivity contribution in [1.29, 1.82) is 0 Å². The maximum absolute atomic E-state index is 10.6. The van der Waals surface area contributed by atoms with E-state index in [0.717, 1.165) is 12.8 Å². The van der Waals surface area contributed by atoms with Gasteiger partial charge in [0.25, 0.3) is 5.69 Å². The highest BCUT2D eigenvalue weighted by molar-refractivity contribution is 5.52. The van der Waals surface area contributed by atoms with E-state index < -0.39 is 4.92 Å². The number of ether oxygens (including phenoxy) is 1. The van der Waals surface area contributed by atoms with E-state index >= 15 is 0 Å². The van der Waals surface area contributed by atoms with Crippen LogP contribution in [0.1, 0.15) is 32.3 Å². The molecular weight excluding hydrogens is 232 g/mol. The normalized spacial score (nSPS) is 10.8. The maximum Gasteiger partial charge on any atom is 0.269 e. The molecule has 0 aliphatic rings. The molecule has 0 saturated heterocycles. The third-order valence-corrected chi connectivity index (χ3v) is 2.67. The summed E-state index contributed by atoms with van der Waals surface area (Å²) in [5.74, 6) is 0.663. The van der Waals surface area contributed by atoms with Crippen LogP contribution >= 0.6 is 0 Å². The van der Waals surface area contributed by atoms with Gasteiger partial charge >= 0.3 is 0 Å². The first-order valence-corrected chi connectivity index (χ1v) is 6.11. The van der Waals surface area contributed by atoms with E-state index in [4.69, 9.17) is 10.5 Å². The summed E-state index contributed by atoms with van der Waals surface area (Å²) >= 11 is 0. The molecular formula is C13H20N2O3. The lowest BCUT2D eigenvalue weighted by Crippen LogP contribution is -2.01. The molecule has 2 N–H and O–H groups in total. The number of hydrogen-bond acceptors (Lipinski definition) is 4. The van der Waals surface area contributed by atoms with Gasteiger partial charge in [-0.1, -0.05) is 13.8 Å². The molecule has 0 aromatic heterocycles. The third-order valence-electron chi connectivity index (χ3n) is 2.67. The molecule has 1 rings (SSSR count). The van der Waals surface area contributed by atoms with Gasteiger partial charge in [0.1, 0.15) is 0 Å². The Morgan fingerprint density at radius 2 is 2.17 bits per heavy atom. The molecule has 0 unspecified atom stereocenters. The highest BCUT2D eigenvalue weighted by Gasteiger charge is 2.09. The van der Waals surface area contributed by atoms with Gasteiger partial charge < -0.3 is 10.5 Å². The van der Waals surface area contributed by atoms with Gasteiger partial charge in [0, 0.05) is 30.0 Å². The minimum absolute atomic E-state index is 0.0463. The van der Waals surface area contributed by atoms with Crippen LogP contribution in [0.5, 0.6) is 0 Å². The molecule has 0 amide bonds. The molecule has 0 spiro atoms. The third kappa shape index (κ3) is 4.71. The van der Waals surface area contributed by atoms with Crippen molar-refractivity contribution in [3.63, 3.8) is 0 Å². The zero-order chi connectivity index (χ0) is 13.5. The van der Waals surface area contributed by atoms with Gasteiger partial charge in [-0.2, -0.15) is 0 Å². The largest absolute Gasteiger partial charge is 0.398 e. The van der Waals surface area contributed by atoms with E-state index in [1.165, 1.54) is 12.1 Å². The molecule has 1 aromatic rings. The molecule has 1 aromatic carbocycles. The summed E-state index contributed by atoms with van der Waals surface area (Å²) in [6, 6.07) is 4.42. The van der Waals surface area contributed by atoms with E-state index in [0.29, 0.717) is 30.4 Å². The number of nitrogens with two attached hydrogens (primary N) is 1. The second-order valence-electron chi connectivity index (χ2n) is 4.73. The molecule has 5 heteroatoms. The summed E-state index contributed by atoms with van der Waals surface area (Å²) in [7, 11) is 0. The van der Waals surface area contributed by atoms with Crippen molar-refractivity contribution in [2.24, 2.45) is 5.92 Å². The Bertz CT molecular complexity index is 405. The number of nitrogens with zero attached hydrogens (tertiary/aromatic N) is 1. The summed E-state index contributed by atoms with van der Waals surface area (Å²) in [4.78, 5) is 10.2. The molecule has 0 heterocycles. The van der Waals surface area contributed by atoms with E-state index in [9.17, 15) is 10.1 Å². The standard InChI is InChI=1S/C13H20N2O3/c1-10(2)4-3-7-18-9-11-8-12(15(16)17)5-6-13(11)14/h5-6,8,10H,3-4,7,9,14H2,1-2H3. The topological polar surface area (TPSA) is 78.4 Å². The first kappa shape index (κ1) is 14.4. The molecule has 0 fully saturated rings. The number of nitrogen functional groups attached to an aromatic ring is 1. The van der Waals surface area contributed by atoms with Crippen LogP contribution in [0.2, 0.25) is 0 Å². The van der Waals surface area contributed by atoms with Crippen LogP contribution < -0.4 is 5.73 Å². The average Bonchev–Trinajstić information content (AvgIpc) is 2.30.